The van der Waals surface area contributed by atoms with Crippen LogP contribution in [0.1, 0.15) is 16.8 Å². The van der Waals surface area contributed by atoms with Gasteiger partial charge in [0.25, 0.3) is 0 Å². The maximum Gasteiger partial charge on any atom is 0.221 e. The zero-order valence-corrected chi connectivity index (χ0v) is 15.5. The zero-order chi connectivity index (χ0) is 19.1. The Hall–Kier alpha value is -2.86. The van der Waals surface area contributed by atoms with Crippen LogP contribution in [0, 0.1) is 13.8 Å². The maximum absolute atomic E-state index is 12.1. The van der Waals surface area contributed by atoms with Crippen LogP contribution in [-0.4, -0.2) is 19.3 Å². The fourth-order valence-corrected chi connectivity index (χ4v) is 3.91. The molecule has 0 radical (unpaired) electrons. The SMILES string of the molecule is C=CS(=O)(=O)c1cccc(-c2ccc(CC(N)=O)c3[nH]c(C)c(C)c23)c1. The summed E-state index contributed by atoms with van der Waals surface area (Å²) in [7, 11) is -3.52. The highest BCUT2D eigenvalue weighted by Gasteiger charge is 2.17. The van der Waals surface area contributed by atoms with E-state index in [1.54, 1.807) is 18.2 Å². The van der Waals surface area contributed by atoms with Crippen molar-refractivity contribution in [2.45, 2.75) is 25.2 Å². The molecule has 0 bridgehead atoms. The molecule has 0 aliphatic heterocycles. The molecule has 0 aliphatic rings. The molecule has 2 aromatic carbocycles. The molecule has 3 rings (SSSR count). The molecule has 0 saturated carbocycles. The van der Waals surface area contributed by atoms with Crippen molar-refractivity contribution in [3.05, 3.63) is 65.2 Å². The molecule has 0 aliphatic carbocycles. The number of aromatic nitrogens is 1. The molecule has 26 heavy (non-hydrogen) atoms. The monoisotopic (exact) mass is 368 g/mol. The minimum Gasteiger partial charge on any atom is -0.369 e. The molecule has 0 saturated heterocycles. The first-order valence-corrected chi connectivity index (χ1v) is 9.66. The van der Waals surface area contributed by atoms with Crippen molar-refractivity contribution in [1.29, 1.82) is 0 Å². The van der Waals surface area contributed by atoms with Crippen molar-refractivity contribution in [2.75, 3.05) is 0 Å². The number of aromatic amines is 1. The molecule has 0 spiro atoms. The molecule has 1 aromatic heterocycles. The molecule has 0 fully saturated rings. The molecule has 3 N–H and O–H groups in total. The number of sulfone groups is 1. The number of primary amides is 1. The Balaban J connectivity index is 2.29. The number of nitrogens with one attached hydrogen (secondary N) is 1. The van der Waals surface area contributed by atoms with Crippen LogP contribution in [0.15, 0.2) is 53.3 Å². The Morgan fingerprint density at radius 2 is 1.96 bits per heavy atom. The van der Waals surface area contributed by atoms with Gasteiger partial charge in [-0.15, -0.1) is 0 Å². The van der Waals surface area contributed by atoms with Gasteiger partial charge in [-0.05, 0) is 48.2 Å². The number of amides is 1. The zero-order valence-electron chi connectivity index (χ0n) is 14.7. The van der Waals surface area contributed by atoms with E-state index in [1.807, 2.05) is 32.0 Å². The van der Waals surface area contributed by atoms with E-state index >= 15 is 0 Å². The van der Waals surface area contributed by atoms with Crippen molar-refractivity contribution in [1.82, 2.24) is 4.98 Å². The van der Waals surface area contributed by atoms with Crippen LogP contribution in [0.4, 0.5) is 0 Å². The summed E-state index contributed by atoms with van der Waals surface area (Å²) in [5.41, 5.74) is 10.8. The average Bonchev–Trinajstić information content (AvgIpc) is 2.91. The predicted molar refractivity (Wildman–Crippen MR) is 103 cm³/mol. The van der Waals surface area contributed by atoms with E-state index in [9.17, 15) is 13.2 Å². The first-order valence-electron chi connectivity index (χ1n) is 8.11. The second-order valence-electron chi connectivity index (χ2n) is 6.28. The molecule has 1 amide bonds. The van der Waals surface area contributed by atoms with E-state index in [0.29, 0.717) is 0 Å². The highest BCUT2D eigenvalue weighted by molar-refractivity contribution is 7.94. The first kappa shape index (κ1) is 17.9. The van der Waals surface area contributed by atoms with Gasteiger partial charge in [-0.2, -0.15) is 0 Å². The smallest absolute Gasteiger partial charge is 0.221 e. The van der Waals surface area contributed by atoms with Crippen LogP contribution in [0.3, 0.4) is 0 Å². The molecular formula is C20H20N2O3S. The van der Waals surface area contributed by atoms with Crippen LogP contribution in [0.5, 0.6) is 0 Å². The highest BCUT2D eigenvalue weighted by atomic mass is 32.2. The third-order valence-corrected chi connectivity index (χ3v) is 5.95. The predicted octanol–water partition coefficient (Wildman–Crippen LogP) is 3.40. The molecular weight excluding hydrogens is 348 g/mol. The van der Waals surface area contributed by atoms with Gasteiger partial charge in [-0.1, -0.05) is 30.8 Å². The van der Waals surface area contributed by atoms with Crippen molar-refractivity contribution >= 4 is 26.6 Å². The Morgan fingerprint density at radius 3 is 2.62 bits per heavy atom. The van der Waals surface area contributed by atoms with E-state index < -0.39 is 15.7 Å². The van der Waals surface area contributed by atoms with E-state index in [4.69, 9.17) is 5.73 Å². The maximum atomic E-state index is 12.1. The van der Waals surface area contributed by atoms with Gasteiger partial charge < -0.3 is 10.7 Å². The van der Waals surface area contributed by atoms with Gasteiger partial charge in [-0.3, -0.25) is 4.79 Å². The lowest BCUT2D eigenvalue weighted by Crippen LogP contribution is -2.13. The van der Waals surface area contributed by atoms with Crippen LogP contribution < -0.4 is 5.73 Å². The van der Waals surface area contributed by atoms with Crippen LogP contribution >= 0.6 is 0 Å². The molecule has 6 heteroatoms. The van der Waals surface area contributed by atoms with Crippen molar-refractivity contribution in [3.8, 4) is 11.1 Å². The number of benzene rings is 2. The fourth-order valence-electron chi connectivity index (χ4n) is 3.16. The van der Waals surface area contributed by atoms with E-state index in [1.165, 1.54) is 0 Å². The summed E-state index contributed by atoms with van der Waals surface area (Å²) in [5.74, 6) is -0.400. The number of carbonyl (C=O) groups excluding carboxylic acids is 1. The number of aryl methyl sites for hydroxylation is 2. The minimum atomic E-state index is -3.52. The van der Waals surface area contributed by atoms with Crippen LogP contribution in [-0.2, 0) is 21.1 Å². The van der Waals surface area contributed by atoms with Crippen LogP contribution in [0.25, 0.3) is 22.0 Å². The summed E-state index contributed by atoms with van der Waals surface area (Å²) in [6.07, 6.45) is 0.140. The second-order valence-corrected chi connectivity index (χ2v) is 8.17. The Kier molecular flexibility index (Phi) is 4.46. The van der Waals surface area contributed by atoms with E-state index in [-0.39, 0.29) is 11.3 Å². The van der Waals surface area contributed by atoms with Gasteiger partial charge in [0.15, 0.2) is 9.84 Å². The molecule has 0 unspecified atom stereocenters. The molecule has 5 nitrogen and oxygen atoms in total. The fraction of sp³-hybridized carbons (Fsp3) is 0.150. The topological polar surface area (TPSA) is 93.0 Å². The normalized spacial score (nSPS) is 11.6. The number of fused-ring (bicyclic) bond motifs is 1. The number of carbonyl (C=O) groups is 1. The summed E-state index contributed by atoms with van der Waals surface area (Å²) in [6.45, 7) is 7.34. The number of hydrogen-bond acceptors (Lipinski definition) is 3. The molecule has 1 heterocycles. The summed E-state index contributed by atoms with van der Waals surface area (Å²) in [4.78, 5) is 14.9. The van der Waals surface area contributed by atoms with Crippen molar-refractivity contribution in [3.63, 3.8) is 0 Å². The lowest BCUT2D eigenvalue weighted by molar-refractivity contribution is -0.117. The van der Waals surface area contributed by atoms with Gasteiger partial charge >= 0.3 is 0 Å². The van der Waals surface area contributed by atoms with Crippen molar-refractivity contribution in [2.24, 2.45) is 5.73 Å². The second kappa shape index (κ2) is 6.46. The number of nitrogens with two attached hydrogens (primary N) is 1. The summed E-state index contributed by atoms with van der Waals surface area (Å²) in [6, 6.07) is 10.5. The third-order valence-electron chi connectivity index (χ3n) is 4.60. The lowest BCUT2D eigenvalue weighted by Gasteiger charge is -2.10. The third kappa shape index (κ3) is 3.04. The van der Waals surface area contributed by atoms with Gasteiger partial charge in [0.2, 0.25) is 5.91 Å². The van der Waals surface area contributed by atoms with Gasteiger partial charge in [0, 0.05) is 16.5 Å². The lowest BCUT2D eigenvalue weighted by atomic mass is 9.95. The first-order chi connectivity index (χ1) is 12.2. The Morgan fingerprint density at radius 1 is 1.23 bits per heavy atom. The summed E-state index contributed by atoms with van der Waals surface area (Å²) >= 11 is 0. The quantitative estimate of drug-likeness (QED) is 0.723. The Labute approximate surface area is 152 Å². The standard InChI is InChI=1S/C20H20N2O3S/c1-4-26(24,25)16-7-5-6-14(10-16)17-9-8-15(11-18(21)23)20-19(17)12(2)13(3)22-20/h4-10,22H,1,11H2,2-3H3,(H2,21,23). The minimum absolute atomic E-state index is 0.140. The van der Waals surface area contributed by atoms with Gasteiger partial charge in [-0.25, -0.2) is 8.42 Å². The molecule has 3 aromatic rings. The summed E-state index contributed by atoms with van der Waals surface area (Å²) in [5, 5.41) is 1.91. The molecule has 0 atom stereocenters. The van der Waals surface area contributed by atoms with Gasteiger partial charge in [0.05, 0.1) is 16.8 Å². The Bertz CT molecular complexity index is 1140. The number of hydrogen-bond donors (Lipinski definition) is 2. The van der Waals surface area contributed by atoms with Crippen LogP contribution in [0.2, 0.25) is 0 Å². The molecule has 134 valence electrons. The number of H-pyrrole nitrogens is 1. The van der Waals surface area contributed by atoms with E-state index in [0.717, 1.165) is 44.3 Å². The largest absolute Gasteiger partial charge is 0.369 e. The van der Waals surface area contributed by atoms with E-state index in [2.05, 4.69) is 11.6 Å². The van der Waals surface area contributed by atoms with Crippen molar-refractivity contribution < 1.29 is 13.2 Å². The highest BCUT2D eigenvalue weighted by Crippen LogP contribution is 2.35. The average molecular weight is 368 g/mol. The van der Waals surface area contributed by atoms with Gasteiger partial charge in [0.1, 0.15) is 0 Å². The number of rotatable bonds is 5. The summed E-state index contributed by atoms with van der Waals surface area (Å²) < 4.78 is 24.2.